The van der Waals surface area contributed by atoms with E-state index in [4.69, 9.17) is 5.11 Å². The third-order valence-corrected chi connectivity index (χ3v) is 2.17. The number of amides is 1. The fraction of sp³-hybridized carbons (Fsp3) is 0.0909. The molecule has 0 spiro atoms. The van der Waals surface area contributed by atoms with Crippen LogP contribution in [0.5, 0.6) is 0 Å². The smallest absolute Gasteiger partial charge is 0.328 e. The van der Waals surface area contributed by atoms with E-state index in [1.165, 1.54) is 23.1 Å². The summed E-state index contributed by atoms with van der Waals surface area (Å²) in [7, 11) is 1.57. The molecule has 2 rings (SSSR count). The molecule has 0 saturated heterocycles. The monoisotopic (exact) mass is 274 g/mol. The number of carboxylic acids is 1. The maximum absolute atomic E-state index is 11.8. The Kier molecular flexibility index (Phi) is 3.80. The van der Waals surface area contributed by atoms with Crippen LogP contribution in [0.25, 0.3) is 6.08 Å². The van der Waals surface area contributed by atoms with Gasteiger partial charge in [0.1, 0.15) is 5.69 Å². The second-order valence-corrected chi connectivity index (χ2v) is 3.70. The predicted octanol–water partition coefficient (Wildman–Crippen LogP) is -0.0448. The van der Waals surface area contributed by atoms with Crippen LogP contribution in [0.2, 0.25) is 0 Å². The molecule has 0 atom stereocenters. The van der Waals surface area contributed by atoms with Gasteiger partial charge in [0.15, 0.2) is 0 Å². The summed E-state index contributed by atoms with van der Waals surface area (Å²) >= 11 is 0. The first-order chi connectivity index (χ1) is 9.54. The van der Waals surface area contributed by atoms with Gasteiger partial charge >= 0.3 is 5.97 Å². The fourth-order valence-corrected chi connectivity index (χ4v) is 1.31. The Labute approximate surface area is 112 Å². The van der Waals surface area contributed by atoms with E-state index < -0.39 is 11.9 Å². The fourth-order valence-electron chi connectivity index (χ4n) is 1.31. The highest BCUT2D eigenvalue weighted by atomic mass is 16.4. The Morgan fingerprint density at radius 3 is 2.75 bits per heavy atom. The first-order valence-electron chi connectivity index (χ1n) is 5.47. The summed E-state index contributed by atoms with van der Waals surface area (Å²) in [6, 6.07) is 3.04. The molecule has 102 valence electrons. The SMILES string of the molecule is Cn1nnc(NC(=O)c2ccc(/C=C/C(=O)O)cn2)n1. The summed E-state index contributed by atoms with van der Waals surface area (Å²) < 4.78 is 0. The Hall–Kier alpha value is -3.10. The second kappa shape index (κ2) is 5.69. The molecule has 0 aliphatic rings. The van der Waals surface area contributed by atoms with Gasteiger partial charge in [-0.2, -0.15) is 4.80 Å². The highest BCUT2D eigenvalue weighted by molar-refractivity contribution is 6.01. The van der Waals surface area contributed by atoms with Crippen molar-refractivity contribution in [3.05, 3.63) is 35.7 Å². The number of nitrogens with one attached hydrogen (secondary N) is 1. The topological polar surface area (TPSA) is 123 Å². The van der Waals surface area contributed by atoms with Crippen LogP contribution in [0, 0.1) is 0 Å². The molecule has 2 heterocycles. The Balaban J connectivity index is 2.05. The molecule has 2 aromatic heterocycles. The molecule has 0 fully saturated rings. The van der Waals surface area contributed by atoms with Crippen molar-refractivity contribution in [2.75, 3.05) is 5.32 Å². The van der Waals surface area contributed by atoms with Crippen LogP contribution in [-0.4, -0.2) is 42.2 Å². The number of anilines is 1. The molecule has 0 unspecified atom stereocenters. The van der Waals surface area contributed by atoms with Gasteiger partial charge in [-0.15, -0.1) is 5.10 Å². The quantitative estimate of drug-likeness (QED) is 0.749. The van der Waals surface area contributed by atoms with Crippen molar-refractivity contribution in [3.63, 3.8) is 0 Å². The summed E-state index contributed by atoms with van der Waals surface area (Å²) in [5.74, 6) is -1.46. The number of hydrogen-bond donors (Lipinski definition) is 2. The largest absolute Gasteiger partial charge is 0.478 e. The van der Waals surface area contributed by atoms with Crippen LogP contribution in [-0.2, 0) is 11.8 Å². The van der Waals surface area contributed by atoms with E-state index in [1.807, 2.05) is 0 Å². The first-order valence-corrected chi connectivity index (χ1v) is 5.47. The lowest BCUT2D eigenvalue weighted by Gasteiger charge is -2.00. The van der Waals surface area contributed by atoms with Crippen molar-refractivity contribution in [3.8, 4) is 0 Å². The minimum atomic E-state index is -1.06. The van der Waals surface area contributed by atoms with Crippen LogP contribution in [0.1, 0.15) is 16.1 Å². The zero-order valence-electron chi connectivity index (χ0n) is 10.4. The minimum Gasteiger partial charge on any atom is -0.478 e. The van der Waals surface area contributed by atoms with Gasteiger partial charge in [0.25, 0.3) is 11.9 Å². The van der Waals surface area contributed by atoms with Crippen LogP contribution in [0.15, 0.2) is 24.4 Å². The third kappa shape index (κ3) is 3.45. The van der Waals surface area contributed by atoms with Gasteiger partial charge < -0.3 is 5.11 Å². The van der Waals surface area contributed by atoms with Gasteiger partial charge in [-0.25, -0.2) is 4.79 Å². The molecule has 1 amide bonds. The highest BCUT2D eigenvalue weighted by Crippen LogP contribution is 2.04. The summed E-state index contributed by atoms with van der Waals surface area (Å²) in [6.45, 7) is 0. The number of aryl methyl sites for hydroxylation is 1. The number of rotatable bonds is 4. The molecule has 0 aliphatic heterocycles. The maximum Gasteiger partial charge on any atom is 0.328 e. The summed E-state index contributed by atoms with van der Waals surface area (Å²) in [5, 5.41) is 21.9. The molecule has 9 nitrogen and oxygen atoms in total. The average molecular weight is 274 g/mol. The molecular weight excluding hydrogens is 264 g/mol. The zero-order chi connectivity index (χ0) is 14.5. The van der Waals surface area contributed by atoms with Crippen LogP contribution >= 0.6 is 0 Å². The van der Waals surface area contributed by atoms with Crippen molar-refractivity contribution in [2.24, 2.45) is 7.05 Å². The number of aliphatic carboxylic acids is 1. The van der Waals surface area contributed by atoms with Crippen molar-refractivity contribution in [1.82, 2.24) is 25.2 Å². The number of carboxylic acid groups (broad SMARTS) is 1. The summed E-state index contributed by atoms with van der Waals surface area (Å²) in [6.07, 6.45) is 3.75. The highest BCUT2D eigenvalue weighted by Gasteiger charge is 2.10. The molecule has 0 aliphatic carbocycles. The molecule has 0 radical (unpaired) electrons. The maximum atomic E-state index is 11.8. The lowest BCUT2D eigenvalue weighted by molar-refractivity contribution is -0.131. The van der Waals surface area contributed by atoms with Crippen LogP contribution in [0.3, 0.4) is 0 Å². The van der Waals surface area contributed by atoms with Crippen molar-refractivity contribution in [2.45, 2.75) is 0 Å². The van der Waals surface area contributed by atoms with E-state index in [9.17, 15) is 9.59 Å². The van der Waals surface area contributed by atoms with Gasteiger partial charge in [0.2, 0.25) is 0 Å². The van der Waals surface area contributed by atoms with Gasteiger partial charge in [-0.05, 0) is 22.9 Å². The molecule has 0 saturated carbocycles. The van der Waals surface area contributed by atoms with E-state index in [1.54, 1.807) is 13.1 Å². The number of nitrogens with zero attached hydrogens (tertiary/aromatic N) is 5. The van der Waals surface area contributed by atoms with E-state index in [-0.39, 0.29) is 11.6 Å². The standard InChI is InChI=1S/C11H10N6O3/c1-17-15-11(14-16-17)13-10(20)8-4-2-7(6-12-8)3-5-9(18)19/h2-6H,1H3,(H,18,19)(H,13,15,20)/b5-3+. The molecule has 2 N–H and O–H groups in total. The van der Waals surface area contributed by atoms with Gasteiger partial charge in [-0.3, -0.25) is 15.1 Å². The number of carbonyl (C=O) groups is 2. The number of tetrazole rings is 1. The van der Waals surface area contributed by atoms with E-state index in [0.29, 0.717) is 5.56 Å². The Bertz CT molecular complexity index is 661. The van der Waals surface area contributed by atoms with Crippen LogP contribution < -0.4 is 5.32 Å². The van der Waals surface area contributed by atoms with Gasteiger partial charge in [-0.1, -0.05) is 11.2 Å². The number of aromatic nitrogens is 5. The number of carbonyl (C=O) groups excluding carboxylic acids is 1. The van der Waals surface area contributed by atoms with Crippen molar-refractivity contribution < 1.29 is 14.7 Å². The van der Waals surface area contributed by atoms with Crippen molar-refractivity contribution in [1.29, 1.82) is 0 Å². The minimum absolute atomic E-state index is 0.0779. The average Bonchev–Trinajstić information content (AvgIpc) is 2.82. The lowest BCUT2D eigenvalue weighted by Crippen LogP contribution is -2.14. The summed E-state index contributed by atoms with van der Waals surface area (Å²) in [4.78, 5) is 27.3. The van der Waals surface area contributed by atoms with Crippen LogP contribution in [0.4, 0.5) is 5.95 Å². The van der Waals surface area contributed by atoms with E-state index >= 15 is 0 Å². The predicted molar refractivity (Wildman–Crippen MR) is 67.7 cm³/mol. The zero-order valence-corrected chi connectivity index (χ0v) is 10.4. The molecule has 20 heavy (non-hydrogen) atoms. The molecule has 0 bridgehead atoms. The first kappa shape index (κ1) is 13.3. The Morgan fingerprint density at radius 2 is 2.20 bits per heavy atom. The van der Waals surface area contributed by atoms with Crippen molar-refractivity contribution >= 4 is 23.9 Å². The molecule has 2 aromatic rings. The second-order valence-electron chi connectivity index (χ2n) is 3.70. The van der Waals surface area contributed by atoms with Gasteiger partial charge in [0.05, 0.1) is 7.05 Å². The molecule has 9 heteroatoms. The molecular formula is C11H10N6O3. The van der Waals surface area contributed by atoms with E-state index in [2.05, 4.69) is 25.7 Å². The number of pyridine rings is 1. The molecule has 0 aromatic carbocycles. The normalized spacial score (nSPS) is 10.7. The summed E-state index contributed by atoms with van der Waals surface area (Å²) in [5.41, 5.74) is 0.728. The lowest BCUT2D eigenvalue weighted by atomic mass is 10.2. The van der Waals surface area contributed by atoms with E-state index in [0.717, 1.165) is 6.08 Å². The van der Waals surface area contributed by atoms with Gasteiger partial charge in [0, 0.05) is 12.3 Å². The number of hydrogen-bond acceptors (Lipinski definition) is 6. The Morgan fingerprint density at radius 1 is 1.40 bits per heavy atom. The third-order valence-electron chi connectivity index (χ3n) is 2.17.